The molecule has 0 aliphatic heterocycles. The smallest absolute Gasteiger partial charge is 0.270 e. The van der Waals surface area contributed by atoms with Crippen LogP contribution in [0, 0.1) is 5.92 Å². The zero-order chi connectivity index (χ0) is 18.5. The van der Waals surface area contributed by atoms with Crippen LogP contribution in [0.1, 0.15) is 29.8 Å². The van der Waals surface area contributed by atoms with Crippen molar-refractivity contribution in [2.24, 2.45) is 5.92 Å². The zero-order valence-corrected chi connectivity index (χ0v) is 15.8. The molecule has 0 radical (unpaired) electrons. The molecule has 1 amide bonds. The number of nitrogens with one attached hydrogen (secondary N) is 1. The van der Waals surface area contributed by atoms with Crippen LogP contribution in [0.25, 0.3) is 16.3 Å². The molecule has 2 heterocycles. The van der Waals surface area contributed by atoms with Crippen LogP contribution < -0.4 is 5.32 Å². The maximum Gasteiger partial charge on any atom is 0.270 e. The number of rotatable bonds is 9. The molecule has 1 aromatic carbocycles. The Balaban J connectivity index is 1.29. The quantitative estimate of drug-likeness (QED) is 0.575. The van der Waals surface area contributed by atoms with Crippen molar-refractivity contribution in [3.05, 3.63) is 53.8 Å². The Labute approximate surface area is 162 Å². The van der Waals surface area contributed by atoms with Crippen LogP contribution in [0.15, 0.2) is 48.1 Å². The highest BCUT2D eigenvalue weighted by Crippen LogP contribution is 2.28. The van der Waals surface area contributed by atoms with E-state index in [1.165, 1.54) is 24.2 Å². The van der Waals surface area contributed by atoms with E-state index in [1.54, 1.807) is 16.3 Å². The third-order valence-electron chi connectivity index (χ3n) is 4.39. The predicted molar refractivity (Wildman–Crippen MR) is 105 cm³/mol. The number of hydrogen-bond acceptors (Lipinski definition) is 5. The highest BCUT2D eigenvalue weighted by molar-refractivity contribution is 7.13. The molecular formula is C20H22N4O2S. The van der Waals surface area contributed by atoms with Gasteiger partial charge in [0, 0.05) is 36.9 Å². The molecule has 140 valence electrons. The molecule has 0 unspecified atom stereocenters. The first-order valence-corrected chi connectivity index (χ1v) is 10.1. The van der Waals surface area contributed by atoms with Crippen LogP contribution in [0.4, 0.5) is 0 Å². The summed E-state index contributed by atoms with van der Waals surface area (Å²) in [5.41, 5.74) is 2.33. The molecule has 0 spiro atoms. The highest BCUT2D eigenvalue weighted by atomic mass is 32.1. The standard InChI is InChI=1S/C20H22N4O2S/c25-19(21-9-4-10-26-13-15-7-8-15)18-14-27-20(23-18)16-11-22-24(12-16)17-5-2-1-3-6-17/h1-3,5-6,11-12,14-15H,4,7-10,13H2,(H,21,25). The molecule has 0 saturated heterocycles. The van der Waals surface area contributed by atoms with Crippen LogP contribution in [0.3, 0.4) is 0 Å². The van der Waals surface area contributed by atoms with Gasteiger partial charge in [-0.05, 0) is 37.3 Å². The molecule has 1 fully saturated rings. The number of carbonyl (C=O) groups is 1. The third kappa shape index (κ3) is 4.81. The van der Waals surface area contributed by atoms with Gasteiger partial charge in [0.15, 0.2) is 0 Å². The lowest BCUT2D eigenvalue weighted by Gasteiger charge is -2.04. The Morgan fingerprint density at radius 2 is 2.15 bits per heavy atom. The normalized spacial score (nSPS) is 13.6. The van der Waals surface area contributed by atoms with Crippen molar-refractivity contribution in [2.75, 3.05) is 19.8 Å². The van der Waals surface area contributed by atoms with Crippen LogP contribution in [-0.4, -0.2) is 40.4 Å². The van der Waals surface area contributed by atoms with Crippen molar-refractivity contribution in [2.45, 2.75) is 19.3 Å². The summed E-state index contributed by atoms with van der Waals surface area (Å²) in [5.74, 6) is 0.634. The second-order valence-electron chi connectivity index (χ2n) is 6.67. The summed E-state index contributed by atoms with van der Waals surface area (Å²) >= 11 is 1.45. The summed E-state index contributed by atoms with van der Waals surface area (Å²) in [6.07, 6.45) is 7.11. The van der Waals surface area contributed by atoms with Crippen LogP contribution in [0.2, 0.25) is 0 Å². The largest absolute Gasteiger partial charge is 0.381 e. The Morgan fingerprint density at radius 3 is 2.96 bits per heavy atom. The van der Waals surface area contributed by atoms with Crippen LogP contribution in [0.5, 0.6) is 0 Å². The Hall–Kier alpha value is -2.51. The summed E-state index contributed by atoms with van der Waals surface area (Å²) in [6.45, 7) is 2.15. The number of para-hydroxylation sites is 1. The first-order chi connectivity index (χ1) is 13.3. The zero-order valence-electron chi connectivity index (χ0n) is 15.0. The molecule has 1 aliphatic rings. The summed E-state index contributed by atoms with van der Waals surface area (Å²) in [6, 6.07) is 9.90. The molecule has 3 aromatic rings. The van der Waals surface area contributed by atoms with Crippen molar-refractivity contribution >= 4 is 17.2 Å². The molecule has 1 aliphatic carbocycles. The number of hydrogen-bond donors (Lipinski definition) is 1. The lowest BCUT2D eigenvalue weighted by atomic mass is 10.3. The van der Waals surface area contributed by atoms with E-state index in [4.69, 9.17) is 4.74 Å². The molecule has 4 rings (SSSR count). The van der Waals surface area contributed by atoms with E-state index in [0.29, 0.717) is 18.8 Å². The molecule has 2 aromatic heterocycles. The van der Waals surface area contributed by atoms with Crippen LogP contribution >= 0.6 is 11.3 Å². The van der Waals surface area contributed by atoms with Crippen molar-refractivity contribution in [3.8, 4) is 16.3 Å². The second kappa shape index (κ2) is 8.45. The van der Waals surface area contributed by atoms with Crippen molar-refractivity contribution in [3.63, 3.8) is 0 Å². The van der Waals surface area contributed by atoms with E-state index in [-0.39, 0.29) is 5.91 Å². The Morgan fingerprint density at radius 1 is 1.30 bits per heavy atom. The number of nitrogens with zero attached hydrogens (tertiary/aromatic N) is 3. The Bertz CT molecular complexity index is 886. The maximum absolute atomic E-state index is 12.2. The average molecular weight is 382 g/mol. The van der Waals surface area contributed by atoms with Gasteiger partial charge in [-0.2, -0.15) is 5.10 Å². The fourth-order valence-corrected chi connectivity index (χ4v) is 3.44. The first kappa shape index (κ1) is 17.9. The number of carbonyl (C=O) groups excluding carboxylic acids is 1. The van der Waals surface area contributed by atoms with Crippen molar-refractivity contribution in [1.82, 2.24) is 20.1 Å². The summed E-state index contributed by atoms with van der Waals surface area (Å²) in [7, 11) is 0. The van der Waals surface area contributed by atoms with E-state index in [2.05, 4.69) is 15.4 Å². The van der Waals surface area contributed by atoms with E-state index in [9.17, 15) is 4.79 Å². The third-order valence-corrected chi connectivity index (χ3v) is 5.28. The van der Waals surface area contributed by atoms with E-state index in [0.717, 1.165) is 35.2 Å². The molecule has 0 bridgehead atoms. The average Bonchev–Trinajstić information content (AvgIpc) is 3.19. The van der Waals surface area contributed by atoms with Crippen molar-refractivity contribution < 1.29 is 9.53 Å². The van der Waals surface area contributed by atoms with E-state index >= 15 is 0 Å². The summed E-state index contributed by atoms with van der Waals surface area (Å²) in [5, 5.41) is 9.86. The number of amides is 1. The number of thiazole rings is 1. The lowest BCUT2D eigenvalue weighted by Crippen LogP contribution is -2.25. The van der Waals surface area contributed by atoms with Gasteiger partial charge in [0.2, 0.25) is 0 Å². The summed E-state index contributed by atoms with van der Waals surface area (Å²) in [4.78, 5) is 16.7. The molecule has 1 saturated carbocycles. The topological polar surface area (TPSA) is 69.0 Å². The van der Waals surface area contributed by atoms with Gasteiger partial charge in [-0.1, -0.05) is 18.2 Å². The molecule has 1 N–H and O–H groups in total. The monoisotopic (exact) mass is 382 g/mol. The molecule has 0 atom stereocenters. The van der Waals surface area contributed by atoms with E-state index < -0.39 is 0 Å². The number of aromatic nitrogens is 3. The van der Waals surface area contributed by atoms with Crippen molar-refractivity contribution in [1.29, 1.82) is 0 Å². The highest BCUT2D eigenvalue weighted by Gasteiger charge is 2.20. The predicted octanol–water partition coefficient (Wildman–Crippen LogP) is 3.54. The lowest BCUT2D eigenvalue weighted by molar-refractivity contribution is 0.0933. The van der Waals surface area contributed by atoms with Gasteiger partial charge < -0.3 is 10.1 Å². The minimum atomic E-state index is -0.143. The minimum Gasteiger partial charge on any atom is -0.381 e. The number of ether oxygens (including phenoxy) is 1. The van der Waals surface area contributed by atoms with Gasteiger partial charge in [0.05, 0.1) is 11.9 Å². The minimum absolute atomic E-state index is 0.143. The van der Waals surface area contributed by atoms with Gasteiger partial charge in [0.1, 0.15) is 10.7 Å². The van der Waals surface area contributed by atoms with Gasteiger partial charge in [-0.15, -0.1) is 11.3 Å². The Kier molecular flexibility index (Phi) is 5.60. The maximum atomic E-state index is 12.2. The van der Waals surface area contributed by atoms with Gasteiger partial charge >= 0.3 is 0 Å². The molecule has 6 nitrogen and oxygen atoms in total. The fourth-order valence-electron chi connectivity index (χ4n) is 2.67. The number of benzene rings is 1. The molecule has 27 heavy (non-hydrogen) atoms. The summed E-state index contributed by atoms with van der Waals surface area (Å²) < 4.78 is 7.38. The van der Waals surface area contributed by atoms with Gasteiger partial charge in [-0.3, -0.25) is 4.79 Å². The van der Waals surface area contributed by atoms with E-state index in [1.807, 2.05) is 36.5 Å². The van der Waals surface area contributed by atoms with Gasteiger partial charge in [-0.25, -0.2) is 9.67 Å². The molecular weight excluding hydrogens is 360 g/mol. The van der Waals surface area contributed by atoms with Gasteiger partial charge in [0.25, 0.3) is 5.91 Å². The molecule has 7 heteroatoms. The second-order valence-corrected chi connectivity index (χ2v) is 7.53. The first-order valence-electron chi connectivity index (χ1n) is 9.21. The SMILES string of the molecule is O=C(NCCCOCC1CC1)c1csc(-c2cnn(-c3ccccc3)c2)n1. The van der Waals surface area contributed by atoms with Crippen LogP contribution in [-0.2, 0) is 4.74 Å². The fraction of sp³-hybridized carbons (Fsp3) is 0.350.